The zero-order chi connectivity index (χ0) is 11.3. The first-order chi connectivity index (χ1) is 7.11. The number of nitrogens with zero attached hydrogens (tertiary/aromatic N) is 1. The number of hydrogen-bond donors (Lipinski definition) is 1. The van der Waals surface area contributed by atoms with Crippen LogP contribution in [0.5, 0.6) is 0 Å². The van der Waals surface area contributed by atoms with Gasteiger partial charge in [-0.05, 0) is 25.5 Å². The van der Waals surface area contributed by atoms with E-state index in [1.54, 1.807) is 24.4 Å². The molecular weight excluding hydrogens is 194 g/mol. The standard InChI is InChI=1S/C11H15NO3/c1-3-8-15-11(2,10(13)14)9-6-4-5-7-12-9/h4-7H,3,8H2,1-2H3,(H,13,14). The van der Waals surface area contributed by atoms with Crippen LogP contribution in [0.3, 0.4) is 0 Å². The lowest BCUT2D eigenvalue weighted by Gasteiger charge is -2.24. The van der Waals surface area contributed by atoms with Crippen LogP contribution >= 0.6 is 0 Å². The molecule has 0 bridgehead atoms. The van der Waals surface area contributed by atoms with Crippen molar-refractivity contribution in [2.24, 2.45) is 0 Å². The average Bonchev–Trinajstić information content (AvgIpc) is 2.27. The second-order valence-corrected chi connectivity index (χ2v) is 3.40. The van der Waals surface area contributed by atoms with Gasteiger partial charge in [-0.1, -0.05) is 13.0 Å². The Labute approximate surface area is 88.9 Å². The van der Waals surface area contributed by atoms with Crippen LogP contribution < -0.4 is 0 Å². The molecule has 0 saturated carbocycles. The van der Waals surface area contributed by atoms with E-state index in [4.69, 9.17) is 9.84 Å². The lowest BCUT2D eigenvalue weighted by molar-refractivity contribution is -0.165. The monoisotopic (exact) mass is 209 g/mol. The number of carboxylic acids is 1. The molecule has 1 aromatic rings. The molecule has 1 aromatic heterocycles. The molecule has 4 nitrogen and oxygen atoms in total. The summed E-state index contributed by atoms with van der Waals surface area (Å²) in [5.41, 5.74) is -0.928. The maximum absolute atomic E-state index is 11.2. The maximum atomic E-state index is 11.2. The molecule has 0 fully saturated rings. The summed E-state index contributed by atoms with van der Waals surface area (Å²) in [6.45, 7) is 3.85. The van der Waals surface area contributed by atoms with Gasteiger partial charge >= 0.3 is 5.97 Å². The van der Waals surface area contributed by atoms with E-state index < -0.39 is 11.6 Å². The largest absolute Gasteiger partial charge is 0.479 e. The Kier molecular flexibility index (Phi) is 3.80. The molecule has 0 spiro atoms. The smallest absolute Gasteiger partial charge is 0.342 e. The summed E-state index contributed by atoms with van der Waals surface area (Å²) in [4.78, 5) is 15.2. The summed E-state index contributed by atoms with van der Waals surface area (Å²) in [6.07, 6.45) is 2.33. The summed E-state index contributed by atoms with van der Waals surface area (Å²) in [7, 11) is 0. The Bertz CT molecular complexity index is 326. The Morgan fingerprint density at radius 2 is 2.33 bits per heavy atom. The Morgan fingerprint density at radius 1 is 1.60 bits per heavy atom. The van der Waals surface area contributed by atoms with Crippen molar-refractivity contribution in [1.29, 1.82) is 0 Å². The van der Waals surface area contributed by atoms with Gasteiger partial charge in [0.25, 0.3) is 0 Å². The van der Waals surface area contributed by atoms with Crippen molar-refractivity contribution in [2.75, 3.05) is 6.61 Å². The number of ether oxygens (including phenoxy) is 1. The SMILES string of the molecule is CCCOC(C)(C(=O)O)c1ccccn1. The van der Waals surface area contributed by atoms with Gasteiger partial charge in [0.1, 0.15) is 0 Å². The van der Waals surface area contributed by atoms with Crippen LogP contribution in [0.1, 0.15) is 26.0 Å². The maximum Gasteiger partial charge on any atom is 0.342 e. The number of carbonyl (C=O) groups is 1. The number of pyridine rings is 1. The molecular formula is C11H15NO3. The number of aliphatic carboxylic acids is 1. The van der Waals surface area contributed by atoms with E-state index in [-0.39, 0.29) is 0 Å². The van der Waals surface area contributed by atoms with Gasteiger partial charge in [-0.15, -0.1) is 0 Å². The molecule has 1 heterocycles. The van der Waals surface area contributed by atoms with Crippen molar-refractivity contribution >= 4 is 5.97 Å². The van der Waals surface area contributed by atoms with Crippen molar-refractivity contribution in [3.63, 3.8) is 0 Å². The minimum atomic E-state index is -1.35. The average molecular weight is 209 g/mol. The minimum absolute atomic E-state index is 0.402. The van der Waals surface area contributed by atoms with E-state index in [1.807, 2.05) is 6.92 Å². The second kappa shape index (κ2) is 4.89. The van der Waals surface area contributed by atoms with Crippen LogP contribution in [-0.4, -0.2) is 22.7 Å². The Balaban J connectivity index is 2.96. The molecule has 15 heavy (non-hydrogen) atoms. The van der Waals surface area contributed by atoms with Gasteiger partial charge in [-0.3, -0.25) is 4.98 Å². The van der Waals surface area contributed by atoms with Gasteiger partial charge < -0.3 is 9.84 Å². The molecule has 1 unspecified atom stereocenters. The highest BCUT2D eigenvalue weighted by molar-refractivity contribution is 5.78. The first kappa shape index (κ1) is 11.7. The van der Waals surface area contributed by atoms with E-state index >= 15 is 0 Å². The van der Waals surface area contributed by atoms with Crippen molar-refractivity contribution in [1.82, 2.24) is 4.98 Å². The summed E-state index contributed by atoms with van der Waals surface area (Å²) in [6, 6.07) is 5.15. The fourth-order valence-electron chi connectivity index (χ4n) is 1.20. The third-order valence-corrected chi connectivity index (χ3v) is 2.16. The van der Waals surface area contributed by atoms with Gasteiger partial charge in [0.2, 0.25) is 5.60 Å². The lowest BCUT2D eigenvalue weighted by atomic mass is 10.0. The first-order valence-corrected chi connectivity index (χ1v) is 4.90. The normalized spacial score (nSPS) is 14.5. The first-order valence-electron chi connectivity index (χ1n) is 4.90. The summed E-state index contributed by atoms with van der Waals surface area (Å²) < 4.78 is 5.36. The van der Waals surface area contributed by atoms with Crippen LogP contribution in [0.4, 0.5) is 0 Å². The Morgan fingerprint density at radius 3 is 2.80 bits per heavy atom. The Hall–Kier alpha value is -1.42. The van der Waals surface area contributed by atoms with Crippen molar-refractivity contribution in [2.45, 2.75) is 25.9 Å². The van der Waals surface area contributed by atoms with Crippen LogP contribution in [0.15, 0.2) is 24.4 Å². The van der Waals surface area contributed by atoms with E-state index in [0.29, 0.717) is 12.3 Å². The summed E-state index contributed by atoms with van der Waals surface area (Å²) in [5.74, 6) is -1.02. The van der Waals surface area contributed by atoms with Crippen LogP contribution in [0.25, 0.3) is 0 Å². The highest BCUT2D eigenvalue weighted by Gasteiger charge is 2.37. The molecule has 0 aromatic carbocycles. The lowest BCUT2D eigenvalue weighted by Crippen LogP contribution is -2.36. The quantitative estimate of drug-likeness (QED) is 0.803. The molecule has 82 valence electrons. The van der Waals surface area contributed by atoms with Crippen molar-refractivity contribution < 1.29 is 14.6 Å². The van der Waals surface area contributed by atoms with E-state index in [2.05, 4.69) is 4.98 Å². The predicted octanol–water partition coefficient (Wildman–Crippen LogP) is 1.81. The third kappa shape index (κ3) is 2.53. The highest BCUT2D eigenvalue weighted by Crippen LogP contribution is 2.23. The van der Waals surface area contributed by atoms with Gasteiger partial charge in [0.05, 0.1) is 5.69 Å². The molecule has 1 N–H and O–H groups in total. The highest BCUT2D eigenvalue weighted by atomic mass is 16.5. The predicted molar refractivity (Wildman–Crippen MR) is 55.5 cm³/mol. The molecule has 0 aliphatic heterocycles. The van der Waals surface area contributed by atoms with E-state index in [9.17, 15) is 4.79 Å². The van der Waals surface area contributed by atoms with Gasteiger partial charge in [0.15, 0.2) is 0 Å². The van der Waals surface area contributed by atoms with Gasteiger partial charge in [-0.25, -0.2) is 4.79 Å². The topological polar surface area (TPSA) is 59.4 Å². The number of aromatic nitrogens is 1. The zero-order valence-electron chi connectivity index (χ0n) is 8.93. The second-order valence-electron chi connectivity index (χ2n) is 3.40. The molecule has 0 aliphatic rings. The number of rotatable bonds is 5. The zero-order valence-corrected chi connectivity index (χ0v) is 8.93. The summed E-state index contributed by atoms with van der Waals surface area (Å²) >= 11 is 0. The van der Waals surface area contributed by atoms with Crippen molar-refractivity contribution in [3.8, 4) is 0 Å². The van der Waals surface area contributed by atoms with Gasteiger partial charge in [0, 0.05) is 12.8 Å². The van der Waals surface area contributed by atoms with Crippen molar-refractivity contribution in [3.05, 3.63) is 30.1 Å². The van der Waals surface area contributed by atoms with Crippen LogP contribution in [-0.2, 0) is 15.1 Å². The number of carboxylic acid groups (broad SMARTS) is 1. The molecule has 0 aliphatic carbocycles. The van der Waals surface area contributed by atoms with E-state index in [1.165, 1.54) is 6.92 Å². The number of hydrogen-bond acceptors (Lipinski definition) is 3. The van der Waals surface area contributed by atoms with E-state index in [0.717, 1.165) is 6.42 Å². The summed E-state index contributed by atoms with van der Waals surface area (Å²) in [5, 5.41) is 9.15. The molecule has 0 saturated heterocycles. The minimum Gasteiger partial charge on any atom is -0.479 e. The van der Waals surface area contributed by atoms with Crippen LogP contribution in [0.2, 0.25) is 0 Å². The molecule has 4 heteroatoms. The molecule has 1 rings (SSSR count). The van der Waals surface area contributed by atoms with Crippen LogP contribution in [0, 0.1) is 0 Å². The molecule has 0 amide bonds. The van der Waals surface area contributed by atoms with Gasteiger partial charge in [-0.2, -0.15) is 0 Å². The fourth-order valence-corrected chi connectivity index (χ4v) is 1.20. The molecule has 1 atom stereocenters. The fraction of sp³-hybridized carbons (Fsp3) is 0.455. The third-order valence-electron chi connectivity index (χ3n) is 2.16. The molecule has 0 radical (unpaired) electrons.